The summed E-state index contributed by atoms with van der Waals surface area (Å²) in [6.07, 6.45) is 2.69. The summed E-state index contributed by atoms with van der Waals surface area (Å²) >= 11 is 0. The van der Waals surface area contributed by atoms with Gasteiger partial charge in [0.1, 0.15) is 0 Å². The van der Waals surface area contributed by atoms with Crippen LogP contribution in [-0.2, 0) is 0 Å². The Morgan fingerprint density at radius 3 is 1.73 bits per heavy atom. The average molecular weight is 211 g/mol. The summed E-state index contributed by atoms with van der Waals surface area (Å²) in [6, 6.07) is 0. The number of hydrogen-bond acceptors (Lipinski definition) is 1. The summed E-state index contributed by atoms with van der Waals surface area (Å²) in [5.74, 6) is 0. The van der Waals surface area contributed by atoms with Crippen LogP contribution in [0.3, 0.4) is 0 Å². The molecule has 1 aliphatic rings. The summed E-state index contributed by atoms with van der Waals surface area (Å²) in [4.78, 5) is 2.61. The molecule has 1 rings (SSSR count). The van der Waals surface area contributed by atoms with Crippen molar-refractivity contribution in [2.24, 2.45) is 10.8 Å². The Morgan fingerprint density at radius 1 is 1.00 bits per heavy atom. The zero-order valence-corrected chi connectivity index (χ0v) is 11.8. The maximum atomic E-state index is 2.61. The van der Waals surface area contributed by atoms with E-state index in [1.54, 1.807) is 0 Å². The van der Waals surface area contributed by atoms with Crippen molar-refractivity contribution in [3.05, 3.63) is 0 Å². The van der Waals surface area contributed by atoms with Crippen LogP contribution in [0, 0.1) is 10.8 Å². The lowest BCUT2D eigenvalue weighted by Crippen LogP contribution is -2.63. The van der Waals surface area contributed by atoms with Crippen LogP contribution >= 0.6 is 0 Å². The molecule has 0 amide bonds. The molecule has 0 aromatic rings. The standard InChI is InChI=1S/C14H29N/c1-8-14(9-12(2,3)4)10-15(11-14)13(5,6)7/h8-11H2,1-7H3. The molecule has 1 heterocycles. The van der Waals surface area contributed by atoms with Gasteiger partial charge in [0.25, 0.3) is 0 Å². The van der Waals surface area contributed by atoms with Crippen molar-refractivity contribution in [1.29, 1.82) is 0 Å². The van der Waals surface area contributed by atoms with Crippen LogP contribution in [0.5, 0.6) is 0 Å². The van der Waals surface area contributed by atoms with Crippen LogP contribution in [0.1, 0.15) is 61.3 Å². The lowest BCUT2D eigenvalue weighted by atomic mass is 9.66. The van der Waals surface area contributed by atoms with Gasteiger partial charge in [-0.15, -0.1) is 0 Å². The summed E-state index contributed by atoms with van der Waals surface area (Å²) in [7, 11) is 0. The molecule has 0 aromatic heterocycles. The van der Waals surface area contributed by atoms with Crippen molar-refractivity contribution in [3.63, 3.8) is 0 Å². The Balaban J connectivity index is 2.56. The van der Waals surface area contributed by atoms with Gasteiger partial charge >= 0.3 is 0 Å². The van der Waals surface area contributed by atoms with E-state index in [9.17, 15) is 0 Å². The van der Waals surface area contributed by atoms with Gasteiger partial charge in [0.2, 0.25) is 0 Å². The van der Waals surface area contributed by atoms with Gasteiger partial charge in [-0.3, -0.25) is 4.90 Å². The molecular weight excluding hydrogens is 182 g/mol. The van der Waals surface area contributed by atoms with Crippen molar-refractivity contribution in [3.8, 4) is 0 Å². The van der Waals surface area contributed by atoms with E-state index in [1.807, 2.05) is 0 Å². The Kier molecular flexibility index (Phi) is 3.27. The number of hydrogen-bond donors (Lipinski definition) is 0. The molecule has 15 heavy (non-hydrogen) atoms. The summed E-state index contributed by atoms with van der Waals surface area (Å²) in [5.41, 5.74) is 1.43. The fraction of sp³-hybridized carbons (Fsp3) is 1.00. The highest BCUT2D eigenvalue weighted by Gasteiger charge is 2.46. The van der Waals surface area contributed by atoms with Gasteiger partial charge in [-0.05, 0) is 44.4 Å². The normalized spacial score (nSPS) is 22.6. The van der Waals surface area contributed by atoms with Gasteiger partial charge in [0.05, 0.1) is 0 Å². The molecule has 90 valence electrons. The molecule has 1 saturated heterocycles. The number of nitrogens with zero attached hydrogens (tertiary/aromatic N) is 1. The SMILES string of the molecule is CCC1(CC(C)(C)C)CN(C(C)(C)C)C1. The summed E-state index contributed by atoms with van der Waals surface area (Å²) < 4.78 is 0. The fourth-order valence-corrected chi connectivity index (χ4v) is 2.82. The molecule has 1 fully saturated rings. The fourth-order valence-electron chi connectivity index (χ4n) is 2.82. The van der Waals surface area contributed by atoms with E-state index < -0.39 is 0 Å². The topological polar surface area (TPSA) is 3.24 Å². The van der Waals surface area contributed by atoms with E-state index in [0.29, 0.717) is 16.4 Å². The molecule has 0 unspecified atom stereocenters. The van der Waals surface area contributed by atoms with E-state index in [4.69, 9.17) is 0 Å². The van der Waals surface area contributed by atoms with E-state index in [2.05, 4.69) is 53.4 Å². The minimum Gasteiger partial charge on any atom is -0.297 e. The molecule has 0 bridgehead atoms. The van der Waals surface area contributed by atoms with Crippen LogP contribution in [-0.4, -0.2) is 23.5 Å². The number of likely N-dealkylation sites (tertiary alicyclic amines) is 1. The quantitative estimate of drug-likeness (QED) is 0.669. The van der Waals surface area contributed by atoms with Crippen molar-refractivity contribution in [2.45, 2.75) is 66.8 Å². The molecule has 0 aromatic carbocycles. The predicted octanol–water partition coefficient (Wildman–Crippen LogP) is 3.93. The van der Waals surface area contributed by atoms with Gasteiger partial charge in [0, 0.05) is 18.6 Å². The monoisotopic (exact) mass is 211 g/mol. The van der Waals surface area contributed by atoms with Crippen LogP contribution in [0.4, 0.5) is 0 Å². The van der Waals surface area contributed by atoms with E-state index in [-0.39, 0.29) is 0 Å². The molecule has 0 N–H and O–H groups in total. The second-order valence-electron chi connectivity index (χ2n) is 7.62. The van der Waals surface area contributed by atoms with Gasteiger partial charge in [-0.25, -0.2) is 0 Å². The minimum atomic E-state index is 0.358. The molecule has 1 aliphatic heterocycles. The second kappa shape index (κ2) is 3.76. The molecular formula is C14H29N. The highest BCUT2D eigenvalue weighted by atomic mass is 15.3. The van der Waals surface area contributed by atoms with Crippen LogP contribution in [0.15, 0.2) is 0 Å². The van der Waals surface area contributed by atoms with Crippen molar-refractivity contribution >= 4 is 0 Å². The average Bonchev–Trinajstić information content (AvgIpc) is 1.91. The summed E-state index contributed by atoms with van der Waals surface area (Å²) in [5, 5.41) is 0. The van der Waals surface area contributed by atoms with Crippen molar-refractivity contribution < 1.29 is 0 Å². The van der Waals surface area contributed by atoms with Crippen LogP contribution in [0.25, 0.3) is 0 Å². The first kappa shape index (κ1) is 13.0. The van der Waals surface area contributed by atoms with Gasteiger partial charge in [-0.1, -0.05) is 27.7 Å². The third kappa shape index (κ3) is 3.21. The van der Waals surface area contributed by atoms with Crippen LogP contribution in [0.2, 0.25) is 0 Å². The maximum Gasteiger partial charge on any atom is 0.0125 e. The lowest BCUT2D eigenvalue weighted by molar-refractivity contribution is -0.0810. The van der Waals surface area contributed by atoms with E-state index >= 15 is 0 Å². The highest BCUT2D eigenvalue weighted by Crippen LogP contribution is 2.45. The zero-order chi connectivity index (χ0) is 11.9. The molecule has 1 heteroatoms. The van der Waals surface area contributed by atoms with E-state index in [0.717, 1.165) is 0 Å². The Morgan fingerprint density at radius 2 is 1.47 bits per heavy atom. The molecule has 0 radical (unpaired) electrons. The third-order valence-electron chi connectivity index (χ3n) is 3.66. The zero-order valence-electron chi connectivity index (χ0n) is 11.8. The molecule has 0 saturated carbocycles. The van der Waals surface area contributed by atoms with E-state index in [1.165, 1.54) is 25.9 Å². The Labute approximate surface area is 96.2 Å². The minimum absolute atomic E-state index is 0.358. The predicted molar refractivity (Wildman–Crippen MR) is 68.1 cm³/mol. The molecule has 0 aliphatic carbocycles. The molecule has 0 spiro atoms. The van der Waals surface area contributed by atoms with Crippen molar-refractivity contribution in [1.82, 2.24) is 4.90 Å². The largest absolute Gasteiger partial charge is 0.297 e. The highest BCUT2D eigenvalue weighted by molar-refractivity contribution is 5.00. The van der Waals surface area contributed by atoms with Gasteiger partial charge < -0.3 is 0 Å². The van der Waals surface area contributed by atoms with Crippen LogP contribution < -0.4 is 0 Å². The molecule has 0 atom stereocenters. The van der Waals surface area contributed by atoms with Gasteiger partial charge in [0.15, 0.2) is 0 Å². The van der Waals surface area contributed by atoms with Gasteiger partial charge in [-0.2, -0.15) is 0 Å². The first-order chi connectivity index (χ1) is 6.58. The number of rotatable bonds is 2. The Bertz CT molecular complexity index is 210. The maximum absolute atomic E-state index is 2.61. The first-order valence-electron chi connectivity index (χ1n) is 6.33. The Hall–Kier alpha value is -0.0400. The first-order valence-corrected chi connectivity index (χ1v) is 6.33. The smallest absolute Gasteiger partial charge is 0.0125 e. The molecule has 1 nitrogen and oxygen atoms in total. The van der Waals surface area contributed by atoms with Crippen molar-refractivity contribution in [2.75, 3.05) is 13.1 Å². The second-order valence-corrected chi connectivity index (χ2v) is 7.62. The lowest BCUT2D eigenvalue weighted by Gasteiger charge is -2.57. The third-order valence-corrected chi connectivity index (χ3v) is 3.66. The summed E-state index contributed by atoms with van der Waals surface area (Å²) in [6.45, 7) is 19.0.